The zero-order valence-electron chi connectivity index (χ0n) is 15.1. The Hall–Kier alpha value is -2.85. The number of halogens is 1. The number of ether oxygens (including phenoxy) is 1. The highest BCUT2D eigenvalue weighted by molar-refractivity contribution is 9.10. The van der Waals surface area contributed by atoms with E-state index in [1.807, 2.05) is 31.2 Å². The van der Waals surface area contributed by atoms with Gasteiger partial charge in [-0.1, -0.05) is 28.1 Å². The van der Waals surface area contributed by atoms with Gasteiger partial charge in [-0.2, -0.15) is 5.26 Å². The quantitative estimate of drug-likeness (QED) is 0.703. The lowest BCUT2D eigenvalue weighted by Gasteiger charge is -2.15. The van der Waals surface area contributed by atoms with Crippen molar-refractivity contribution in [3.8, 4) is 11.8 Å². The second kappa shape index (κ2) is 9.74. The van der Waals surface area contributed by atoms with Crippen molar-refractivity contribution < 1.29 is 14.3 Å². The van der Waals surface area contributed by atoms with E-state index in [2.05, 4.69) is 26.6 Å². The summed E-state index contributed by atoms with van der Waals surface area (Å²) in [6.45, 7) is 3.72. The van der Waals surface area contributed by atoms with Gasteiger partial charge in [0.1, 0.15) is 5.75 Å². The maximum atomic E-state index is 12.1. The van der Waals surface area contributed by atoms with Gasteiger partial charge in [0.05, 0.1) is 11.6 Å². The molecule has 2 amide bonds. The molecule has 0 saturated heterocycles. The van der Waals surface area contributed by atoms with E-state index < -0.39 is 6.10 Å². The van der Waals surface area contributed by atoms with Crippen LogP contribution in [0.25, 0.3) is 0 Å². The highest BCUT2D eigenvalue weighted by atomic mass is 79.9. The highest BCUT2D eigenvalue weighted by Crippen LogP contribution is 2.20. The van der Waals surface area contributed by atoms with Crippen LogP contribution < -0.4 is 15.4 Å². The summed E-state index contributed by atoms with van der Waals surface area (Å²) < 4.78 is 6.41. The third-order valence-corrected chi connectivity index (χ3v) is 4.26. The largest absolute Gasteiger partial charge is 0.481 e. The zero-order chi connectivity index (χ0) is 19.8. The second-order valence-corrected chi connectivity index (χ2v) is 6.86. The maximum Gasteiger partial charge on any atom is 0.260 e. The van der Waals surface area contributed by atoms with Crippen LogP contribution in [0.15, 0.2) is 46.9 Å². The number of aryl methyl sites for hydroxylation is 1. The normalized spacial score (nSPS) is 11.2. The first-order valence-electron chi connectivity index (χ1n) is 8.39. The summed E-state index contributed by atoms with van der Waals surface area (Å²) in [4.78, 5) is 24.2. The first kappa shape index (κ1) is 20.5. The van der Waals surface area contributed by atoms with Gasteiger partial charge in [-0.05, 0) is 49.7 Å². The first-order valence-corrected chi connectivity index (χ1v) is 9.19. The molecule has 1 atom stereocenters. The van der Waals surface area contributed by atoms with Crippen LogP contribution in [-0.4, -0.2) is 24.5 Å². The monoisotopic (exact) mass is 429 g/mol. The second-order valence-electron chi connectivity index (χ2n) is 5.95. The summed E-state index contributed by atoms with van der Waals surface area (Å²) in [6.07, 6.45) is -0.594. The van der Waals surface area contributed by atoms with E-state index in [0.29, 0.717) is 11.3 Å². The van der Waals surface area contributed by atoms with E-state index in [4.69, 9.17) is 10.00 Å². The van der Waals surface area contributed by atoms with Gasteiger partial charge in [-0.25, -0.2) is 0 Å². The molecule has 1 unspecified atom stereocenters. The number of rotatable bonds is 7. The Morgan fingerprint density at radius 2 is 2.04 bits per heavy atom. The molecular formula is C20H20BrN3O3. The lowest BCUT2D eigenvalue weighted by atomic mass is 10.2. The number of carbonyl (C=O) groups is 2. The molecule has 0 aliphatic rings. The standard InChI is InChI=1S/C20H20BrN3O3/c1-13-6-7-16(21)11-18(13)24-19(25)8-9-23-20(26)14(2)27-17-5-3-4-15(10-17)12-22/h3-7,10-11,14H,8-9H2,1-2H3,(H,23,26)(H,24,25). The van der Waals surface area contributed by atoms with Gasteiger partial charge >= 0.3 is 0 Å². The molecule has 0 aliphatic heterocycles. The maximum absolute atomic E-state index is 12.1. The summed E-state index contributed by atoms with van der Waals surface area (Å²) >= 11 is 3.37. The van der Waals surface area contributed by atoms with Crippen LogP contribution in [0.1, 0.15) is 24.5 Å². The van der Waals surface area contributed by atoms with Crippen molar-refractivity contribution in [3.05, 3.63) is 58.1 Å². The van der Waals surface area contributed by atoms with Gasteiger partial charge in [0, 0.05) is 23.1 Å². The minimum atomic E-state index is -0.741. The van der Waals surface area contributed by atoms with Gasteiger partial charge in [0.25, 0.3) is 5.91 Å². The molecule has 0 aromatic heterocycles. The number of carbonyl (C=O) groups excluding carboxylic acids is 2. The molecule has 0 fully saturated rings. The minimum Gasteiger partial charge on any atom is -0.481 e. The van der Waals surface area contributed by atoms with Crippen LogP contribution in [0.2, 0.25) is 0 Å². The molecule has 0 heterocycles. The lowest BCUT2D eigenvalue weighted by molar-refractivity contribution is -0.127. The van der Waals surface area contributed by atoms with Crippen LogP contribution in [0.4, 0.5) is 5.69 Å². The molecular weight excluding hydrogens is 410 g/mol. The van der Waals surface area contributed by atoms with Crippen molar-refractivity contribution >= 4 is 33.4 Å². The number of hydrogen-bond acceptors (Lipinski definition) is 4. The van der Waals surface area contributed by atoms with E-state index in [9.17, 15) is 9.59 Å². The molecule has 0 saturated carbocycles. The van der Waals surface area contributed by atoms with E-state index >= 15 is 0 Å². The fraction of sp³-hybridized carbons (Fsp3) is 0.250. The number of nitrogens with one attached hydrogen (secondary N) is 2. The molecule has 140 valence electrons. The average molecular weight is 430 g/mol. The van der Waals surface area contributed by atoms with Crippen molar-refractivity contribution in [2.45, 2.75) is 26.4 Å². The molecule has 2 aromatic carbocycles. The molecule has 0 spiro atoms. The van der Waals surface area contributed by atoms with Crippen molar-refractivity contribution in [3.63, 3.8) is 0 Å². The zero-order valence-corrected chi connectivity index (χ0v) is 16.7. The fourth-order valence-electron chi connectivity index (χ4n) is 2.28. The first-order chi connectivity index (χ1) is 12.9. The smallest absolute Gasteiger partial charge is 0.260 e. The van der Waals surface area contributed by atoms with Gasteiger partial charge in [0.2, 0.25) is 5.91 Å². The Morgan fingerprint density at radius 1 is 1.26 bits per heavy atom. The predicted octanol–water partition coefficient (Wildman–Crippen LogP) is 3.54. The van der Waals surface area contributed by atoms with Crippen LogP contribution in [0.5, 0.6) is 5.75 Å². The summed E-state index contributed by atoms with van der Waals surface area (Å²) in [7, 11) is 0. The van der Waals surface area contributed by atoms with Gasteiger partial charge in [-0.3, -0.25) is 9.59 Å². The molecule has 0 radical (unpaired) electrons. The van der Waals surface area contributed by atoms with Gasteiger partial charge in [0.15, 0.2) is 6.10 Å². The third-order valence-electron chi connectivity index (χ3n) is 3.77. The Kier molecular flexibility index (Phi) is 7.38. The summed E-state index contributed by atoms with van der Waals surface area (Å²) in [5, 5.41) is 14.4. The number of nitriles is 1. The van der Waals surface area contributed by atoms with Gasteiger partial charge in [-0.15, -0.1) is 0 Å². The Bertz CT molecular complexity index is 877. The number of benzene rings is 2. The SMILES string of the molecule is Cc1ccc(Br)cc1NC(=O)CCNC(=O)C(C)Oc1cccc(C#N)c1. The van der Waals surface area contributed by atoms with E-state index in [1.54, 1.807) is 31.2 Å². The Labute approximate surface area is 166 Å². The van der Waals surface area contributed by atoms with Crippen LogP contribution in [-0.2, 0) is 9.59 Å². The van der Waals surface area contributed by atoms with Gasteiger partial charge < -0.3 is 15.4 Å². The van der Waals surface area contributed by atoms with Crippen molar-refractivity contribution in [1.82, 2.24) is 5.32 Å². The third kappa shape index (κ3) is 6.42. The van der Waals surface area contributed by atoms with Crippen LogP contribution >= 0.6 is 15.9 Å². The van der Waals surface area contributed by atoms with Crippen LogP contribution in [0.3, 0.4) is 0 Å². The average Bonchev–Trinajstić information content (AvgIpc) is 2.64. The van der Waals surface area contributed by atoms with Crippen LogP contribution in [0, 0.1) is 18.3 Å². The van der Waals surface area contributed by atoms with Crippen molar-refractivity contribution in [2.24, 2.45) is 0 Å². The molecule has 27 heavy (non-hydrogen) atoms. The van der Waals surface area contributed by atoms with Crippen molar-refractivity contribution in [1.29, 1.82) is 5.26 Å². The van der Waals surface area contributed by atoms with Crippen molar-refractivity contribution in [2.75, 3.05) is 11.9 Å². The summed E-state index contributed by atoms with van der Waals surface area (Å²) in [5.74, 6) is -0.0739. The Morgan fingerprint density at radius 3 is 2.78 bits per heavy atom. The molecule has 2 N–H and O–H groups in total. The lowest BCUT2D eigenvalue weighted by Crippen LogP contribution is -2.37. The number of nitrogens with zero attached hydrogens (tertiary/aromatic N) is 1. The predicted molar refractivity (Wildman–Crippen MR) is 106 cm³/mol. The minimum absolute atomic E-state index is 0.147. The number of anilines is 1. The highest BCUT2D eigenvalue weighted by Gasteiger charge is 2.15. The number of hydrogen-bond donors (Lipinski definition) is 2. The molecule has 0 bridgehead atoms. The van der Waals surface area contributed by atoms with E-state index in [-0.39, 0.29) is 24.8 Å². The molecule has 0 aliphatic carbocycles. The number of amides is 2. The molecule has 7 heteroatoms. The summed E-state index contributed by atoms with van der Waals surface area (Å²) in [5.41, 5.74) is 2.15. The van der Waals surface area contributed by atoms with E-state index in [1.165, 1.54) is 0 Å². The topological polar surface area (TPSA) is 91.2 Å². The van der Waals surface area contributed by atoms with E-state index in [0.717, 1.165) is 15.7 Å². The summed E-state index contributed by atoms with van der Waals surface area (Å²) in [6, 6.07) is 14.2. The molecule has 2 aromatic rings. The molecule has 2 rings (SSSR count). The fourth-order valence-corrected chi connectivity index (χ4v) is 2.64. The molecule has 6 nitrogen and oxygen atoms in total. The Balaban J connectivity index is 1.78.